The predicted molar refractivity (Wildman–Crippen MR) is 100 cm³/mol. The first-order valence-electron chi connectivity index (χ1n) is 7.03. The number of hydrogen-bond acceptors (Lipinski definition) is 6. The van der Waals surface area contributed by atoms with Gasteiger partial charge in [-0.05, 0) is 24.6 Å². The van der Waals surface area contributed by atoms with Gasteiger partial charge in [-0.2, -0.15) is 0 Å². The van der Waals surface area contributed by atoms with Crippen LogP contribution in [0.1, 0.15) is 5.01 Å². The fraction of sp³-hybridized carbons (Fsp3) is 0.200. The van der Waals surface area contributed by atoms with E-state index >= 15 is 0 Å². The lowest BCUT2D eigenvalue weighted by Crippen LogP contribution is -2.14. The van der Waals surface area contributed by atoms with Crippen molar-refractivity contribution in [3.05, 3.63) is 39.9 Å². The second kappa shape index (κ2) is 7.45. The van der Waals surface area contributed by atoms with Crippen molar-refractivity contribution < 1.29 is 4.79 Å². The fourth-order valence-corrected chi connectivity index (χ4v) is 3.67. The first kappa shape index (κ1) is 17.1. The fourth-order valence-electron chi connectivity index (χ4n) is 2.05. The van der Waals surface area contributed by atoms with E-state index in [1.807, 2.05) is 49.0 Å². The van der Waals surface area contributed by atoms with Crippen molar-refractivity contribution >= 4 is 50.1 Å². The number of halogens is 1. The van der Waals surface area contributed by atoms with Gasteiger partial charge in [0.1, 0.15) is 5.01 Å². The molecule has 0 spiro atoms. The van der Waals surface area contributed by atoms with Crippen LogP contribution in [-0.4, -0.2) is 31.4 Å². The van der Waals surface area contributed by atoms with Gasteiger partial charge in [0.05, 0.1) is 17.6 Å². The Bertz CT molecular complexity index is 859. The lowest BCUT2D eigenvalue weighted by Gasteiger charge is -2.06. The third-order valence-corrected chi connectivity index (χ3v) is 5.52. The maximum Gasteiger partial charge on any atom is 0.236 e. The van der Waals surface area contributed by atoms with Crippen molar-refractivity contribution in [2.75, 3.05) is 11.1 Å². The number of carbonyl (C=O) groups is 1. The molecule has 3 aromatic rings. The molecule has 0 aliphatic carbocycles. The maximum absolute atomic E-state index is 12.0. The Kier molecular flexibility index (Phi) is 5.32. The molecular weight excluding hydrogens is 410 g/mol. The van der Waals surface area contributed by atoms with Crippen LogP contribution in [0.4, 0.5) is 5.13 Å². The number of nitrogens with one attached hydrogen (secondary N) is 1. The molecule has 1 aromatic carbocycles. The van der Waals surface area contributed by atoms with Crippen LogP contribution in [0, 0.1) is 6.92 Å². The number of imidazole rings is 1. The van der Waals surface area contributed by atoms with Gasteiger partial charge < -0.3 is 4.57 Å². The summed E-state index contributed by atoms with van der Waals surface area (Å²) < 4.78 is 3.02. The Labute approximate surface area is 155 Å². The number of carbonyl (C=O) groups excluding carboxylic acids is 1. The lowest BCUT2D eigenvalue weighted by molar-refractivity contribution is -0.113. The SMILES string of the molecule is Cc1nnc(NC(=O)CSc2ncc(-c3ccc(Br)cc3)n2C)s1. The second-order valence-corrected chi connectivity index (χ2v) is 7.99. The van der Waals surface area contributed by atoms with E-state index in [0.717, 1.165) is 25.9 Å². The number of thioether (sulfide) groups is 1. The quantitative estimate of drug-likeness (QED) is 0.632. The van der Waals surface area contributed by atoms with Crippen molar-refractivity contribution in [1.82, 2.24) is 19.7 Å². The summed E-state index contributed by atoms with van der Waals surface area (Å²) in [4.78, 5) is 16.4. The number of hydrogen-bond donors (Lipinski definition) is 1. The molecule has 1 N–H and O–H groups in total. The zero-order valence-corrected chi connectivity index (χ0v) is 16.2. The molecule has 0 bridgehead atoms. The van der Waals surface area contributed by atoms with E-state index < -0.39 is 0 Å². The Morgan fingerprint density at radius 1 is 1.33 bits per heavy atom. The molecule has 2 aromatic heterocycles. The Morgan fingerprint density at radius 2 is 2.08 bits per heavy atom. The first-order chi connectivity index (χ1) is 11.5. The minimum Gasteiger partial charge on any atom is -0.322 e. The van der Waals surface area contributed by atoms with Crippen LogP contribution >= 0.6 is 39.0 Å². The third-order valence-electron chi connectivity index (χ3n) is 3.19. The summed E-state index contributed by atoms with van der Waals surface area (Å²) >= 11 is 6.17. The van der Waals surface area contributed by atoms with Crippen molar-refractivity contribution in [3.8, 4) is 11.3 Å². The van der Waals surface area contributed by atoms with Crippen LogP contribution in [0.25, 0.3) is 11.3 Å². The summed E-state index contributed by atoms with van der Waals surface area (Å²) in [5, 5.41) is 12.6. The molecule has 124 valence electrons. The van der Waals surface area contributed by atoms with E-state index in [1.54, 1.807) is 0 Å². The van der Waals surface area contributed by atoms with Gasteiger partial charge in [0.15, 0.2) is 5.16 Å². The summed E-state index contributed by atoms with van der Waals surface area (Å²) in [6.45, 7) is 1.85. The molecule has 24 heavy (non-hydrogen) atoms. The number of anilines is 1. The zero-order valence-electron chi connectivity index (χ0n) is 13.0. The van der Waals surface area contributed by atoms with E-state index in [1.165, 1.54) is 23.1 Å². The average Bonchev–Trinajstić information content (AvgIpc) is 3.12. The topological polar surface area (TPSA) is 72.7 Å². The van der Waals surface area contributed by atoms with Crippen LogP contribution in [0.5, 0.6) is 0 Å². The molecule has 0 unspecified atom stereocenters. The summed E-state index contributed by atoms with van der Waals surface area (Å²) in [6.07, 6.45) is 1.82. The van der Waals surface area contributed by atoms with Crippen LogP contribution in [0.15, 0.2) is 40.1 Å². The molecule has 0 aliphatic rings. The van der Waals surface area contributed by atoms with Crippen molar-refractivity contribution in [2.45, 2.75) is 12.1 Å². The summed E-state index contributed by atoms with van der Waals surface area (Å²) in [5.74, 6) is 0.146. The van der Waals surface area contributed by atoms with Gasteiger partial charge in [-0.1, -0.05) is 51.2 Å². The summed E-state index contributed by atoms with van der Waals surface area (Å²) in [6, 6.07) is 8.04. The molecule has 9 heteroatoms. The minimum atomic E-state index is -0.121. The van der Waals surface area contributed by atoms with E-state index in [-0.39, 0.29) is 11.7 Å². The molecule has 3 rings (SSSR count). The van der Waals surface area contributed by atoms with Crippen LogP contribution in [-0.2, 0) is 11.8 Å². The van der Waals surface area contributed by atoms with Crippen molar-refractivity contribution in [2.24, 2.45) is 7.05 Å². The minimum absolute atomic E-state index is 0.121. The van der Waals surface area contributed by atoms with Gasteiger partial charge in [-0.15, -0.1) is 10.2 Å². The molecule has 0 atom stereocenters. The van der Waals surface area contributed by atoms with Gasteiger partial charge in [0.25, 0.3) is 0 Å². The summed E-state index contributed by atoms with van der Waals surface area (Å²) in [7, 11) is 1.94. The number of aryl methyl sites for hydroxylation is 1. The maximum atomic E-state index is 12.0. The number of nitrogens with zero attached hydrogens (tertiary/aromatic N) is 4. The number of aromatic nitrogens is 4. The largest absolute Gasteiger partial charge is 0.322 e. The molecule has 0 radical (unpaired) electrons. The highest BCUT2D eigenvalue weighted by Crippen LogP contribution is 2.26. The van der Waals surface area contributed by atoms with E-state index in [2.05, 4.69) is 36.4 Å². The normalized spacial score (nSPS) is 10.8. The molecule has 6 nitrogen and oxygen atoms in total. The average molecular weight is 424 g/mol. The highest BCUT2D eigenvalue weighted by molar-refractivity contribution is 9.10. The van der Waals surface area contributed by atoms with E-state index in [9.17, 15) is 4.79 Å². The molecular formula is C15H14BrN5OS2. The zero-order chi connectivity index (χ0) is 17.1. The molecule has 1 amide bonds. The van der Waals surface area contributed by atoms with Crippen LogP contribution in [0.3, 0.4) is 0 Å². The van der Waals surface area contributed by atoms with Gasteiger partial charge in [-0.25, -0.2) is 4.98 Å². The van der Waals surface area contributed by atoms with E-state index in [4.69, 9.17) is 0 Å². The van der Waals surface area contributed by atoms with E-state index in [0.29, 0.717) is 5.13 Å². The summed E-state index contributed by atoms with van der Waals surface area (Å²) in [5.41, 5.74) is 2.08. The molecule has 0 aliphatic heterocycles. The van der Waals surface area contributed by atoms with Crippen molar-refractivity contribution in [1.29, 1.82) is 0 Å². The second-order valence-electron chi connectivity index (χ2n) is 4.96. The Morgan fingerprint density at radius 3 is 2.75 bits per heavy atom. The third kappa shape index (κ3) is 4.03. The predicted octanol–water partition coefficient (Wildman–Crippen LogP) is 3.74. The monoisotopic (exact) mass is 423 g/mol. The highest BCUT2D eigenvalue weighted by atomic mass is 79.9. The van der Waals surface area contributed by atoms with Crippen molar-refractivity contribution in [3.63, 3.8) is 0 Å². The van der Waals surface area contributed by atoms with Crippen LogP contribution in [0.2, 0.25) is 0 Å². The standard InChI is InChI=1S/C15H14BrN5OS2/c1-9-19-20-14(24-9)18-13(22)8-23-15-17-7-12(21(15)2)10-3-5-11(16)6-4-10/h3-7H,8H2,1-2H3,(H,18,20,22). The molecule has 2 heterocycles. The lowest BCUT2D eigenvalue weighted by atomic mass is 10.2. The Hall–Kier alpha value is -1.71. The highest BCUT2D eigenvalue weighted by Gasteiger charge is 2.12. The Balaban J connectivity index is 1.63. The van der Waals surface area contributed by atoms with Gasteiger partial charge in [0, 0.05) is 11.5 Å². The number of amides is 1. The van der Waals surface area contributed by atoms with Gasteiger partial charge in [-0.3, -0.25) is 10.1 Å². The van der Waals surface area contributed by atoms with Gasteiger partial charge in [0.2, 0.25) is 11.0 Å². The molecule has 0 saturated carbocycles. The molecule has 0 fully saturated rings. The smallest absolute Gasteiger partial charge is 0.236 e. The number of rotatable bonds is 5. The van der Waals surface area contributed by atoms with Gasteiger partial charge >= 0.3 is 0 Å². The first-order valence-corrected chi connectivity index (χ1v) is 9.63. The molecule has 0 saturated heterocycles. The van der Waals surface area contributed by atoms with Crippen LogP contribution < -0.4 is 5.32 Å². The number of benzene rings is 1.